The van der Waals surface area contributed by atoms with Crippen molar-refractivity contribution in [3.63, 3.8) is 0 Å². The number of carbonyl (C=O) groups is 1. The SMILES string of the molecule is COC(=O)c1ccccc1N1CCCC(ON)C1. The predicted molar refractivity (Wildman–Crippen MR) is 68.3 cm³/mol. The largest absolute Gasteiger partial charge is 0.465 e. The van der Waals surface area contributed by atoms with Gasteiger partial charge in [-0.25, -0.2) is 10.7 Å². The third-order valence-corrected chi connectivity index (χ3v) is 3.22. The van der Waals surface area contributed by atoms with E-state index in [9.17, 15) is 4.79 Å². The Morgan fingerprint density at radius 1 is 1.44 bits per heavy atom. The van der Waals surface area contributed by atoms with Crippen LogP contribution >= 0.6 is 0 Å². The average Bonchev–Trinajstić information content (AvgIpc) is 2.46. The standard InChI is InChI=1S/C13H18N2O3/c1-17-13(16)11-6-2-3-7-12(11)15-8-4-5-10(9-15)18-14/h2-3,6-7,10H,4-5,8-9,14H2,1H3. The molecule has 1 heterocycles. The van der Waals surface area contributed by atoms with Crippen LogP contribution in [0, 0.1) is 0 Å². The van der Waals surface area contributed by atoms with Gasteiger partial charge in [0.05, 0.1) is 24.5 Å². The van der Waals surface area contributed by atoms with Crippen LogP contribution in [0.2, 0.25) is 0 Å². The molecule has 5 heteroatoms. The summed E-state index contributed by atoms with van der Waals surface area (Å²) in [6.07, 6.45) is 1.97. The van der Waals surface area contributed by atoms with E-state index in [0.717, 1.165) is 25.1 Å². The Morgan fingerprint density at radius 3 is 2.94 bits per heavy atom. The van der Waals surface area contributed by atoms with Gasteiger partial charge in [-0.3, -0.25) is 4.84 Å². The van der Waals surface area contributed by atoms with Crippen molar-refractivity contribution in [3.8, 4) is 0 Å². The Balaban J connectivity index is 2.24. The van der Waals surface area contributed by atoms with Crippen molar-refractivity contribution in [1.29, 1.82) is 0 Å². The fourth-order valence-electron chi connectivity index (χ4n) is 2.30. The Bertz CT molecular complexity index is 422. The van der Waals surface area contributed by atoms with Crippen LogP contribution in [0.3, 0.4) is 0 Å². The second-order valence-electron chi connectivity index (χ2n) is 4.36. The number of nitrogens with zero attached hydrogens (tertiary/aromatic N) is 1. The van der Waals surface area contributed by atoms with Gasteiger partial charge >= 0.3 is 5.97 Å². The van der Waals surface area contributed by atoms with Gasteiger partial charge in [-0.15, -0.1) is 0 Å². The van der Waals surface area contributed by atoms with Crippen molar-refractivity contribution in [2.75, 3.05) is 25.1 Å². The van der Waals surface area contributed by atoms with E-state index in [1.54, 1.807) is 6.07 Å². The number of piperidine rings is 1. The third-order valence-electron chi connectivity index (χ3n) is 3.22. The van der Waals surface area contributed by atoms with Crippen molar-refractivity contribution in [1.82, 2.24) is 0 Å². The fourth-order valence-corrected chi connectivity index (χ4v) is 2.30. The van der Waals surface area contributed by atoms with Gasteiger partial charge in [0.2, 0.25) is 0 Å². The Morgan fingerprint density at radius 2 is 2.22 bits per heavy atom. The van der Waals surface area contributed by atoms with Crippen LogP contribution in [-0.2, 0) is 9.57 Å². The molecule has 1 fully saturated rings. The maximum atomic E-state index is 11.7. The first kappa shape index (κ1) is 12.9. The van der Waals surface area contributed by atoms with Crippen molar-refractivity contribution in [2.45, 2.75) is 18.9 Å². The van der Waals surface area contributed by atoms with Gasteiger partial charge in [0.1, 0.15) is 0 Å². The number of methoxy groups -OCH3 is 1. The molecule has 0 aromatic heterocycles. The van der Waals surface area contributed by atoms with Crippen molar-refractivity contribution >= 4 is 11.7 Å². The summed E-state index contributed by atoms with van der Waals surface area (Å²) in [6, 6.07) is 7.44. The van der Waals surface area contributed by atoms with E-state index in [1.807, 2.05) is 18.2 Å². The molecule has 0 saturated carbocycles. The molecule has 1 saturated heterocycles. The third kappa shape index (κ3) is 2.63. The van der Waals surface area contributed by atoms with E-state index in [1.165, 1.54) is 7.11 Å². The van der Waals surface area contributed by atoms with E-state index in [2.05, 4.69) is 4.90 Å². The minimum absolute atomic E-state index is 0.0180. The van der Waals surface area contributed by atoms with Gasteiger partial charge in [-0.1, -0.05) is 12.1 Å². The first-order valence-electron chi connectivity index (χ1n) is 6.04. The van der Waals surface area contributed by atoms with Crippen LogP contribution in [0.15, 0.2) is 24.3 Å². The van der Waals surface area contributed by atoms with E-state index in [-0.39, 0.29) is 12.1 Å². The molecule has 1 unspecified atom stereocenters. The van der Waals surface area contributed by atoms with Gasteiger partial charge in [0, 0.05) is 13.1 Å². The maximum Gasteiger partial charge on any atom is 0.339 e. The highest BCUT2D eigenvalue weighted by Crippen LogP contribution is 2.25. The summed E-state index contributed by atoms with van der Waals surface area (Å²) in [5.74, 6) is 4.93. The zero-order valence-corrected chi connectivity index (χ0v) is 10.5. The van der Waals surface area contributed by atoms with Crippen LogP contribution in [-0.4, -0.2) is 32.3 Å². The summed E-state index contributed by atoms with van der Waals surface area (Å²) in [5, 5.41) is 0. The zero-order valence-electron chi connectivity index (χ0n) is 10.5. The molecule has 1 aliphatic heterocycles. The molecular weight excluding hydrogens is 232 g/mol. The number of hydrogen-bond acceptors (Lipinski definition) is 5. The molecule has 1 aromatic carbocycles. The number of hydrogen-bond donors (Lipinski definition) is 1. The number of nitrogens with two attached hydrogens (primary N) is 1. The molecule has 0 spiro atoms. The Hall–Kier alpha value is -1.59. The molecule has 1 aliphatic rings. The normalized spacial score (nSPS) is 19.7. The van der Waals surface area contributed by atoms with Gasteiger partial charge in [0.15, 0.2) is 0 Å². The number of ether oxygens (including phenoxy) is 1. The van der Waals surface area contributed by atoms with Crippen LogP contribution in [0.25, 0.3) is 0 Å². The molecule has 2 N–H and O–H groups in total. The fraction of sp³-hybridized carbons (Fsp3) is 0.462. The molecule has 2 rings (SSSR count). The highest BCUT2D eigenvalue weighted by Gasteiger charge is 2.23. The number of para-hydroxylation sites is 1. The molecule has 1 aromatic rings. The highest BCUT2D eigenvalue weighted by molar-refractivity contribution is 5.95. The zero-order chi connectivity index (χ0) is 13.0. The first-order chi connectivity index (χ1) is 8.76. The highest BCUT2D eigenvalue weighted by atomic mass is 16.6. The average molecular weight is 250 g/mol. The van der Waals surface area contributed by atoms with Crippen molar-refractivity contribution in [2.24, 2.45) is 5.90 Å². The van der Waals surface area contributed by atoms with Gasteiger partial charge in [-0.05, 0) is 25.0 Å². The maximum absolute atomic E-state index is 11.7. The minimum Gasteiger partial charge on any atom is -0.465 e. The van der Waals surface area contributed by atoms with E-state index in [0.29, 0.717) is 12.1 Å². The summed E-state index contributed by atoms with van der Waals surface area (Å²) >= 11 is 0. The van der Waals surface area contributed by atoms with Gasteiger partial charge < -0.3 is 9.64 Å². The lowest BCUT2D eigenvalue weighted by Gasteiger charge is -2.34. The lowest BCUT2D eigenvalue weighted by molar-refractivity contribution is 0.0432. The Labute approximate surface area is 106 Å². The summed E-state index contributed by atoms with van der Waals surface area (Å²) < 4.78 is 4.80. The first-order valence-corrected chi connectivity index (χ1v) is 6.04. The molecule has 0 aliphatic carbocycles. The van der Waals surface area contributed by atoms with Crippen molar-refractivity contribution in [3.05, 3.63) is 29.8 Å². The molecule has 5 nitrogen and oxygen atoms in total. The molecule has 18 heavy (non-hydrogen) atoms. The topological polar surface area (TPSA) is 64.8 Å². The second kappa shape index (κ2) is 5.84. The number of esters is 1. The van der Waals surface area contributed by atoms with E-state index >= 15 is 0 Å². The molecule has 0 amide bonds. The lowest BCUT2D eigenvalue weighted by Crippen LogP contribution is -2.41. The lowest BCUT2D eigenvalue weighted by atomic mass is 10.1. The summed E-state index contributed by atoms with van der Waals surface area (Å²) in [5.41, 5.74) is 1.46. The van der Waals surface area contributed by atoms with Crippen LogP contribution in [0.4, 0.5) is 5.69 Å². The van der Waals surface area contributed by atoms with Crippen LogP contribution < -0.4 is 10.8 Å². The molecule has 98 valence electrons. The van der Waals surface area contributed by atoms with E-state index in [4.69, 9.17) is 15.5 Å². The van der Waals surface area contributed by atoms with Crippen LogP contribution in [0.5, 0.6) is 0 Å². The summed E-state index contributed by atoms with van der Waals surface area (Å²) in [6.45, 7) is 1.60. The summed E-state index contributed by atoms with van der Waals surface area (Å²) in [4.78, 5) is 18.8. The smallest absolute Gasteiger partial charge is 0.339 e. The Kier molecular flexibility index (Phi) is 4.17. The monoisotopic (exact) mass is 250 g/mol. The van der Waals surface area contributed by atoms with Gasteiger partial charge in [0.25, 0.3) is 0 Å². The molecule has 0 radical (unpaired) electrons. The second-order valence-corrected chi connectivity index (χ2v) is 4.36. The number of rotatable bonds is 3. The minimum atomic E-state index is -0.318. The van der Waals surface area contributed by atoms with E-state index < -0.39 is 0 Å². The molecule has 1 atom stereocenters. The van der Waals surface area contributed by atoms with Crippen LogP contribution in [0.1, 0.15) is 23.2 Å². The molecular formula is C13H18N2O3. The quantitative estimate of drug-likeness (QED) is 0.647. The predicted octanol–water partition coefficient (Wildman–Crippen LogP) is 1.33. The van der Waals surface area contributed by atoms with Crippen molar-refractivity contribution < 1.29 is 14.4 Å². The number of carbonyl (C=O) groups excluding carboxylic acids is 1. The molecule has 0 bridgehead atoms. The number of anilines is 1. The number of benzene rings is 1. The summed E-state index contributed by atoms with van der Waals surface area (Å²) in [7, 11) is 1.39. The van der Waals surface area contributed by atoms with Gasteiger partial charge in [-0.2, -0.15) is 0 Å².